The second-order valence-electron chi connectivity index (χ2n) is 15.9. The first-order valence-electron chi connectivity index (χ1n) is 23.9. The topological polar surface area (TPSA) is 286 Å². The second kappa shape index (κ2) is 38.2. The van der Waals surface area contributed by atoms with Crippen LogP contribution in [0.1, 0.15) is 101 Å². The number of fused-ring (bicyclic) bond motifs is 7. The van der Waals surface area contributed by atoms with Crippen molar-refractivity contribution in [3.05, 3.63) is 70.6 Å². The molecule has 4 heterocycles. The third kappa shape index (κ3) is 23.3. The zero-order valence-electron chi connectivity index (χ0n) is 43.5. The number of aromatic nitrogens is 5. The van der Waals surface area contributed by atoms with Gasteiger partial charge in [-0.2, -0.15) is 0 Å². The number of rotatable bonds is 28. The standard InChI is InChI=1S/C48H66N5O10.2C2H4O2.Lu.H2O/c1-7-35-36(8-2)40-28-42-38(12-10-14-55)34(4)46(53-42)32-50-44-30-48(63-26-24-61-22-20-59-18-16-57-6)47(62-25-23-60-21-19-58-17-15-56-5)29-43(44)49-31-45-33(3)37(11-9-13-54)41(52-45)27-39(35)51-40;2*1-2(3)4;;/h27-32,54-55H,7-26H2,1-6H3;2*1H3,(H,3,4);;1H2/q-1;;;;. The molecule has 5 rings (SSSR count). The van der Waals surface area contributed by atoms with Gasteiger partial charge in [0.25, 0.3) is 11.9 Å². The molecule has 0 aliphatic carbocycles. The summed E-state index contributed by atoms with van der Waals surface area (Å²) in [6, 6.07) is 7.78. The molecule has 73 heavy (non-hydrogen) atoms. The largest absolute Gasteiger partial charge is 0.657 e. The van der Waals surface area contributed by atoms with Crippen molar-refractivity contribution in [2.24, 2.45) is 0 Å². The van der Waals surface area contributed by atoms with Crippen LogP contribution in [0.3, 0.4) is 0 Å². The number of aliphatic hydroxyl groups is 2. The zero-order valence-corrected chi connectivity index (χ0v) is 45.1. The fourth-order valence-electron chi connectivity index (χ4n) is 7.33. The first kappa shape index (κ1) is 66.6. The minimum absolute atomic E-state index is 0. The fraction of sp³-hybridized carbons (Fsp3) is 0.538. The van der Waals surface area contributed by atoms with E-state index in [9.17, 15) is 10.2 Å². The van der Waals surface area contributed by atoms with Gasteiger partial charge >= 0.3 is 0 Å². The Bertz CT molecular complexity index is 2240. The summed E-state index contributed by atoms with van der Waals surface area (Å²) >= 11 is 0. The number of aliphatic hydroxyl groups excluding tert-OH is 2. The Morgan fingerprint density at radius 2 is 0.877 bits per heavy atom. The number of carboxylic acids is 2. The van der Waals surface area contributed by atoms with Gasteiger partial charge in [-0.25, -0.2) is 9.97 Å². The van der Waals surface area contributed by atoms with E-state index in [-0.39, 0.29) is 68.8 Å². The predicted molar refractivity (Wildman–Crippen MR) is 275 cm³/mol. The van der Waals surface area contributed by atoms with Gasteiger partial charge < -0.3 is 68.8 Å². The van der Waals surface area contributed by atoms with Crippen molar-refractivity contribution in [2.75, 3.05) is 107 Å². The van der Waals surface area contributed by atoms with Gasteiger partial charge in [-0.15, -0.1) is 11.0 Å². The maximum atomic E-state index is 9.85. The van der Waals surface area contributed by atoms with E-state index in [1.807, 2.05) is 26.0 Å². The van der Waals surface area contributed by atoms with Gasteiger partial charge in [0.15, 0.2) is 11.5 Å². The van der Waals surface area contributed by atoms with Crippen LogP contribution < -0.4 is 14.5 Å². The van der Waals surface area contributed by atoms with Crippen molar-refractivity contribution >= 4 is 56.3 Å². The first-order chi connectivity index (χ1) is 34.3. The maximum Gasteiger partial charge on any atom is 0.300 e. The average molecular weight is 1190 g/mol. The second-order valence-corrected chi connectivity index (χ2v) is 15.9. The number of hydrogen-bond acceptors (Lipinski definition) is 16. The molecule has 0 spiro atoms. The summed E-state index contributed by atoms with van der Waals surface area (Å²) in [5, 5.41) is 34.5. The van der Waals surface area contributed by atoms with Crippen LogP contribution in [-0.4, -0.2) is 164 Å². The molecule has 0 amide bonds. The van der Waals surface area contributed by atoms with E-state index in [1.54, 1.807) is 26.6 Å². The van der Waals surface area contributed by atoms with Crippen molar-refractivity contribution in [3.8, 4) is 11.5 Å². The summed E-state index contributed by atoms with van der Waals surface area (Å²) in [4.78, 5) is 43.5. The third-order valence-corrected chi connectivity index (χ3v) is 10.7. The average Bonchev–Trinajstić information content (AvgIpc) is 3.94. The quantitative estimate of drug-likeness (QED) is 0.0609. The number of ether oxygens (including phenoxy) is 8. The van der Waals surface area contributed by atoms with Crippen LogP contribution >= 0.6 is 0 Å². The normalized spacial score (nSPS) is 11.6. The van der Waals surface area contributed by atoms with E-state index in [2.05, 4.69) is 26.0 Å². The smallest absolute Gasteiger partial charge is 0.300 e. The van der Waals surface area contributed by atoms with E-state index in [0.29, 0.717) is 126 Å². The first-order valence-corrected chi connectivity index (χ1v) is 23.9. The SMILES string of the molecule is CC(=O)O.CC(=O)O.CCc1c(CC)c2cc3nc(cnc4cc(OCCOCCOCCOC)c(OCCOCCOCCOC)cc4ncc4nc(cc1[n-]2)C(CCCO)=C4C)C(C)=C3CCCO.O.[Lu]. The minimum atomic E-state index is -0.833. The Hall–Kier alpha value is -4.45. The molecule has 0 atom stereocenters. The Labute approximate surface area is 457 Å². The molecular formula is C52H76LuN5O15-. The number of aliphatic carboxylic acids is 2. The van der Waals surface area contributed by atoms with E-state index >= 15 is 0 Å². The predicted octanol–water partition coefficient (Wildman–Crippen LogP) is 5.97. The van der Waals surface area contributed by atoms with Crippen molar-refractivity contribution in [3.63, 3.8) is 0 Å². The van der Waals surface area contributed by atoms with Gasteiger partial charge in [0.1, 0.15) is 13.2 Å². The van der Waals surface area contributed by atoms with E-state index in [0.717, 1.165) is 71.4 Å². The van der Waals surface area contributed by atoms with E-state index in [4.69, 9.17) is 82.6 Å². The molecule has 2 aliphatic rings. The molecule has 1 radical (unpaired) electrons. The number of aryl methyl sites for hydroxylation is 2. The number of benzene rings is 1. The summed E-state index contributed by atoms with van der Waals surface area (Å²) in [6.07, 6.45) is 7.61. The maximum absolute atomic E-state index is 9.85. The summed E-state index contributed by atoms with van der Waals surface area (Å²) in [6.45, 7) is 15.6. The van der Waals surface area contributed by atoms with Gasteiger partial charge in [0.2, 0.25) is 0 Å². The molecule has 20 nitrogen and oxygen atoms in total. The number of allylic oxidation sites excluding steroid dienone is 4. The van der Waals surface area contributed by atoms with Crippen LogP contribution in [-0.2, 0) is 50.9 Å². The monoisotopic (exact) mass is 1190 g/mol. The summed E-state index contributed by atoms with van der Waals surface area (Å²) < 4.78 is 45.3. The molecule has 0 unspecified atom stereocenters. The van der Waals surface area contributed by atoms with Crippen molar-refractivity contribution < 1.29 is 110 Å². The van der Waals surface area contributed by atoms with Crippen molar-refractivity contribution in [2.45, 2.75) is 80.1 Å². The summed E-state index contributed by atoms with van der Waals surface area (Å²) in [7, 11) is 3.27. The molecule has 2 aliphatic heterocycles. The molecule has 2 aromatic heterocycles. The molecule has 1 aromatic carbocycles. The van der Waals surface area contributed by atoms with Crippen molar-refractivity contribution in [1.29, 1.82) is 0 Å². The number of carbonyl (C=O) groups is 2. The third-order valence-electron chi connectivity index (χ3n) is 10.7. The van der Waals surface area contributed by atoms with Crippen LogP contribution in [0.15, 0.2) is 36.7 Å². The Balaban J connectivity index is 0.00000248. The van der Waals surface area contributed by atoms with Gasteiger partial charge in [-0.3, -0.25) is 19.6 Å². The molecule has 3 aromatic rings. The minimum Gasteiger partial charge on any atom is -0.657 e. The van der Waals surface area contributed by atoms with Crippen LogP contribution in [0.5, 0.6) is 11.5 Å². The van der Waals surface area contributed by atoms with E-state index < -0.39 is 11.9 Å². The number of nitrogens with zero attached hydrogens (tertiary/aromatic N) is 5. The Kier molecular flexibility index (Phi) is 34.8. The molecule has 0 saturated heterocycles. The Morgan fingerprint density at radius 1 is 0.548 bits per heavy atom. The van der Waals surface area contributed by atoms with Crippen LogP contribution in [0.2, 0.25) is 0 Å². The molecule has 6 N–H and O–H groups in total. The van der Waals surface area contributed by atoms with Crippen LogP contribution in [0, 0.1) is 36.9 Å². The van der Waals surface area contributed by atoms with E-state index in [1.165, 1.54) is 11.1 Å². The summed E-state index contributed by atoms with van der Waals surface area (Å²) in [5.74, 6) is -0.746. The number of methoxy groups -OCH3 is 2. The molecule has 0 fully saturated rings. The number of hydrogen-bond donors (Lipinski definition) is 4. The van der Waals surface area contributed by atoms with Gasteiger partial charge in [0.05, 0.1) is 112 Å². The molecule has 21 heteroatoms. The molecular weight excluding hydrogens is 1110 g/mol. The molecule has 415 valence electrons. The summed E-state index contributed by atoms with van der Waals surface area (Å²) in [5.41, 5.74) is 12.2. The zero-order chi connectivity index (χ0) is 52.0. The van der Waals surface area contributed by atoms with Gasteiger partial charge in [-0.1, -0.05) is 37.1 Å². The Morgan fingerprint density at radius 3 is 1.19 bits per heavy atom. The molecule has 6 bridgehead atoms. The van der Waals surface area contributed by atoms with Crippen molar-refractivity contribution in [1.82, 2.24) is 24.9 Å². The number of carboxylic acid groups (broad SMARTS) is 2. The molecule has 0 saturated carbocycles. The van der Waals surface area contributed by atoms with Gasteiger partial charge in [-0.05, 0) is 74.7 Å². The fourth-order valence-corrected chi connectivity index (χ4v) is 7.33. The van der Waals surface area contributed by atoms with Crippen LogP contribution in [0.25, 0.3) is 44.4 Å². The van der Waals surface area contributed by atoms with Gasteiger partial charge in [0, 0.05) is 90.3 Å². The van der Waals surface area contributed by atoms with Crippen LogP contribution in [0.4, 0.5) is 0 Å².